The predicted octanol–water partition coefficient (Wildman–Crippen LogP) is 1.62. The van der Waals surface area contributed by atoms with E-state index in [0.29, 0.717) is 17.7 Å². The van der Waals surface area contributed by atoms with Crippen molar-refractivity contribution in [2.75, 3.05) is 13.6 Å². The highest BCUT2D eigenvalue weighted by molar-refractivity contribution is 5.90. The molecular weight excluding hydrogens is 278 g/mol. The minimum absolute atomic E-state index is 0.121. The summed E-state index contributed by atoms with van der Waals surface area (Å²) in [5, 5.41) is 20.6. The molecule has 2 atom stereocenters. The van der Waals surface area contributed by atoms with Gasteiger partial charge in [-0.25, -0.2) is 0 Å². The molecule has 2 aromatic carbocycles. The van der Waals surface area contributed by atoms with Crippen molar-refractivity contribution in [1.82, 2.24) is 4.90 Å². The highest BCUT2D eigenvalue weighted by atomic mass is 16.3. The van der Waals surface area contributed by atoms with Crippen LogP contribution in [0.15, 0.2) is 54.6 Å². The number of benzene rings is 2. The monoisotopic (exact) mass is 297 g/mol. The van der Waals surface area contributed by atoms with Crippen LogP contribution in [-0.2, 0) is 17.0 Å². The molecule has 1 fully saturated rings. The van der Waals surface area contributed by atoms with Crippen LogP contribution in [0, 0.1) is 0 Å². The number of nitrogens with zero attached hydrogens (tertiary/aromatic N) is 1. The van der Waals surface area contributed by atoms with Crippen LogP contribution in [0.2, 0.25) is 0 Å². The molecule has 4 heteroatoms. The minimum atomic E-state index is -1.60. The van der Waals surface area contributed by atoms with E-state index in [9.17, 15) is 15.0 Å². The van der Waals surface area contributed by atoms with Crippen LogP contribution in [0.5, 0.6) is 0 Å². The molecule has 0 aromatic heterocycles. The second-order valence-corrected chi connectivity index (χ2v) is 5.77. The van der Waals surface area contributed by atoms with Gasteiger partial charge in [-0.15, -0.1) is 0 Å². The zero-order valence-corrected chi connectivity index (χ0v) is 12.4. The Morgan fingerprint density at radius 1 is 1.18 bits per heavy atom. The van der Waals surface area contributed by atoms with Gasteiger partial charge in [0.2, 0.25) is 0 Å². The lowest BCUT2D eigenvalue weighted by atomic mass is 9.79. The first-order chi connectivity index (χ1) is 10.6. The molecule has 4 nitrogen and oxygen atoms in total. The number of hydrogen-bond acceptors (Lipinski definition) is 3. The fourth-order valence-corrected chi connectivity index (χ4v) is 3.19. The van der Waals surface area contributed by atoms with Crippen LogP contribution >= 0.6 is 0 Å². The second kappa shape index (κ2) is 5.55. The van der Waals surface area contributed by atoms with Crippen molar-refractivity contribution in [3.05, 3.63) is 71.3 Å². The van der Waals surface area contributed by atoms with E-state index in [1.54, 1.807) is 36.2 Å². The Morgan fingerprint density at radius 2 is 1.91 bits per heavy atom. The second-order valence-electron chi connectivity index (χ2n) is 5.77. The summed E-state index contributed by atoms with van der Waals surface area (Å²) < 4.78 is 0. The SMILES string of the molecule is CN1C[C@H](c2ccccc2)[C@@](O)(c2cccc(CO)c2)C1=O. The maximum atomic E-state index is 12.6. The van der Waals surface area contributed by atoms with E-state index in [4.69, 9.17) is 0 Å². The molecule has 1 amide bonds. The van der Waals surface area contributed by atoms with Crippen molar-refractivity contribution in [1.29, 1.82) is 0 Å². The largest absolute Gasteiger partial charge is 0.392 e. The number of carbonyl (C=O) groups is 1. The van der Waals surface area contributed by atoms with Crippen LogP contribution < -0.4 is 0 Å². The Balaban J connectivity index is 2.12. The number of aliphatic hydroxyl groups is 2. The van der Waals surface area contributed by atoms with Crippen molar-refractivity contribution in [2.45, 2.75) is 18.1 Å². The molecule has 0 bridgehead atoms. The third-order valence-corrected chi connectivity index (χ3v) is 4.39. The molecule has 0 radical (unpaired) electrons. The lowest BCUT2D eigenvalue weighted by Crippen LogP contribution is -2.39. The standard InChI is InChI=1S/C18H19NO3/c1-19-11-16(14-7-3-2-4-8-14)18(22,17(19)21)15-9-5-6-13(10-15)12-20/h2-10,16,20,22H,11-12H2,1H3/t16-,18+/m1/s1. The summed E-state index contributed by atoms with van der Waals surface area (Å²) >= 11 is 0. The molecule has 114 valence electrons. The van der Waals surface area contributed by atoms with Gasteiger partial charge in [-0.3, -0.25) is 4.79 Å². The van der Waals surface area contributed by atoms with Gasteiger partial charge in [0.15, 0.2) is 5.60 Å². The van der Waals surface area contributed by atoms with Gasteiger partial charge in [0.25, 0.3) is 5.91 Å². The van der Waals surface area contributed by atoms with Crippen molar-refractivity contribution >= 4 is 5.91 Å². The summed E-state index contributed by atoms with van der Waals surface area (Å²) in [6, 6.07) is 16.6. The Bertz CT molecular complexity index is 686. The fraction of sp³-hybridized carbons (Fsp3) is 0.278. The summed E-state index contributed by atoms with van der Waals surface area (Å²) in [6.07, 6.45) is 0. The van der Waals surface area contributed by atoms with Gasteiger partial charge in [-0.05, 0) is 16.7 Å². The van der Waals surface area contributed by atoms with Gasteiger partial charge < -0.3 is 15.1 Å². The van der Waals surface area contributed by atoms with Crippen LogP contribution in [0.4, 0.5) is 0 Å². The lowest BCUT2D eigenvalue weighted by molar-refractivity contribution is -0.143. The molecule has 22 heavy (non-hydrogen) atoms. The number of rotatable bonds is 3. The molecule has 2 N–H and O–H groups in total. The first-order valence-electron chi connectivity index (χ1n) is 7.30. The normalized spacial score (nSPS) is 24.8. The third kappa shape index (κ3) is 2.21. The van der Waals surface area contributed by atoms with Gasteiger partial charge >= 0.3 is 0 Å². The van der Waals surface area contributed by atoms with E-state index >= 15 is 0 Å². The molecule has 1 aliphatic heterocycles. The van der Waals surface area contributed by atoms with E-state index in [1.807, 2.05) is 30.3 Å². The maximum absolute atomic E-state index is 12.6. The van der Waals surface area contributed by atoms with Gasteiger partial charge in [-0.1, -0.05) is 54.6 Å². The van der Waals surface area contributed by atoms with Crippen LogP contribution in [0.1, 0.15) is 22.6 Å². The molecule has 1 heterocycles. The Labute approximate surface area is 129 Å². The summed E-state index contributed by atoms with van der Waals surface area (Å²) in [6.45, 7) is 0.340. The van der Waals surface area contributed by atoms with Crippen molar-refractivity contribution in [3.8, 4) is 0 Å². The van der Waals surface area contributed by atoms with Crippen LogP contribution in [0.25, 0.3) is 0 Å². The predicted molar refractivity (Wildman–Crippen MR) is 83.1 cm³/mol. The number of likely N-dealkylation sites (N-methyl/N-ethyl adjacent to an activating group) is 1. The summed E-state index contributed by atoms with van der Waals surface area (Å²) in [7, 11) is 1.70. The zero-order chi connectivity index (χ0) is 15.7. The highest BCUT2D eigenvalue weighted by Crippen LogP contribution is 2.43. The maximum Gasteiger partial charge on any atom is 0.259 e. The molecule has 0 unspecified atom stereocenters. The Hall–Kier alpha value is -2.17. The van der Waals surface area contributed by atoms with Gasteiger partial charge in [0.1, 0.15) is 0 Å². The Kier molecular flexibility index (Phi) is 3.72. The van der Waals surface area contributed by atoms with E-state index < -0.39 is 5.60 Å². The summed E-state index contributed by atoms with van der Waals surface area (Å²) in [4.78, 5) is 14.2. The molecule has 0 saturated carbocycles. The average Bonchev–Trinajstić information content (AvgIpc) is 2.81. The summed E-state index contributed by atoms with van der Waals surface area (Å²) in [5.74, 6) is -0.642. The number of carbonyl (C=O) groups excluding carboxylic acids is 1. The topological polar surface area (TPSA) is 60.8 Å². The highest BCUT2D eigenvalue weighted by Gasteiger charge is 2.53. The molecule has 1 aliphatic rings. The minimum Gasteiger partial charge on any atom is -0.392 e. The molecule has 2 aromatic rings. The smallest absolute Gasteiger partial charge is 0.259 e. The van der Waals surface area contributed by atoms with Crippen LogP contribution in [0.3, 0.4) is 0 Å². The van der Waals surface area contributed by atoms with Gasteiger partial charge in [-0.2, -0.15) is 0 Å². The van der Waals surface area contributed by atoms with Crippen molar-refractivity contribution < 1.29 is 15.0 Å². The van der Waals surface area contributed by atoms with E-state index in [1.165, 1.54) is 0 Å². The molecular formula is C18H19NO3. The van der Waals surface area contributed by atoms with E-state index in [2.05, 4.69) is 0 Å². The molecule has 0 spiro atoms. The first kappa shape index (κ1) is 14.8. The summed E-state index contributed by atoms with van der Waals surface area (Å²) in [5.41, 5.74) is 0.542. The first-order valence-corrected chi connectivity index (χ1v) is 7.30. The average molecular weight is 297 g/mol. The number of aliphatic hydroxyl groups excluding tert-OH is 1. The Morgan fingerprint density at radius 3 is 2.59 bits per heavy atom. The molecule has 0 aliphatic carbocycles. The molecule has 3 rings (SSSR count). The third-order valence-electron chi connectivity index (χ3n) is 4.39. The zero-order valence-electron chi connectivity index (χ0n) is 12.4. The number of likely N-dealkylation sites (tertiary alicyclic amines) is 1. The van der Waals surface area contributed by atoms with E-state index in [0.717, 1.165) is 5.56 Å². The number of amides is 1. The molecule has 1 saturated heterocycles. The van der Waals surface area contributed by atoms with Gasteiger partial charge in [0.05, 0.1) is 6.61 Å². The van der Waals surface area contributed by atoms with Crippen molar-refractivity contribution in [2.24, 2.45) is 0 Å². The van der Waals surface area contributed by atoms with E-state index in [-0.39, 0.29) is 18.4 Å². The lowest BCUT2D eigenvalue weighted by Gasteiger charge is -2.28. The van der Waals surface area contributed by atoms with Gasteiger partial charge in [0, 0.05) is 19.5 Å². The van der Waals surface area contributed by atoms with Crippen LogP contribution in [-0.4, -0.2) is 34.6 Å². The number of hydrogen-bond donors (Lipinski definition) is 2. The quantitative estimate of drug-likeness (QED) is 0.905. The fourth-order valence-electron chi connectivity index (χ4n) is 3.19. The van der Waals surface area contributed by atoms with Crippen molar-refractivity contribution in [3.63, 3.8) is 0 Å².